The number of hydrogen-bond acceptors (Lipinski definition) is 7. The Morgan fingerprint density at radius 3 is 2.54 bits per heavy atom. The minimum absolute atomic E-state index is 0.0895. The fraction of sp³-hybridized carbons (Fsp3) is 0.200. The Bertz CT molecular complexity index is 1430. The van der Waals surface area contributed by atoms with Crippen molar-refractivity contribution in [2.75, 3.05) is 34.4 Å². The first-order valence-electron chi connectivity index (χ1n) is 11.5. The van der Waals surface area contributed by atoms with E-state index in [9.17, 15) is 13.6 Å². The summed E-state index contributed by atoms with van der Waals surface area (Å²) < 4.78 is 28.8. The zero-order valence-corrected chi connectivity index (χ0v) is 21.6. The SMILES string of the molecule is CCCN(CC)c1nc(-c2ccnc(N)n2)c(-c2ccc(F)c(NC(=O)Nc3ccc(Cl)cc3F)c2)s1. The molecule has 0 saturated heterocycles. The Balaban J connectivity index is 1.70. The molecule has 0 radical (unpaired) electrons. The normalized spacial score (nSPS) is 10.8. The van der Waals surface area contributed by atoms with Crippen LogP contribution in [0.5, 0.6) is 0 Å². The maximum Gasteiger partial charge on any atom is 0.323 e. The average Bonchev–Trinajstić information content (AvgIpc) is 3.31. The van der Waals surface area contributed by atoms with Gasteiger partial charge in [0.15, 0.2) is 5.13 Å². The van der Waals surface area contributed by atoms with Crippen LogP contribution in [0.4, 0.5) is 36.0 Å². The van der Waals surface area contributed by atoms with Crippen LogP contribution in [0.3, 0.4) is 0 Å². The molecule has 0 fully saturated rings. The summed E-state index contributed by atoms with van der Waals surface area (Å²) in [6, 6.07) is 9.04. The number of carbonyl (C=O) groups excluding carboxylic acids is 1. The van der Waals surface area contributed by atoms with E-state index >= 15 is 0 Å². The Hall–Kier alpha value is -3.83. The molecule has 0 aliphatic carbocycles. The first kappa shape index (κ1) is 26.2. The molecule has 2 amide bonds. The van der Waals surface area contributed by atoms with Crippen molar-refractivity contribution in [3.8, 4) is 21.8 Å². The minimum Gasteiger partial charge on any atom is -0.368 e. The number of nitrogens with two attached hydrogens (primary N) is 1. The molecule has 4 N–H and O–H groups in total. The van der Waals surface area contributed by atoms with Gasteiger partial charge in [-0.25, -0.2) is 28.5 Å². The summed E-state index contributed by atoms with van der Waals surface area (Å²) in [5.74, 6) is -1.27. The molecular formula is C25H24ClF2N7OS. The lowest BCUT2D eigenvalue weighted by molar-refractivity contribution is 0.262. The van der Waals surface area contributed by atoms with Gasteiger partial charge in [-0.15, -0.1) is 0 Å². The minimum atomic E-state index is -0.814. The van der Waals surface area contributed by atoms with Crippen LogP contribution in [0.2, 0.25) is 5.02 Å². The molecule has 0 unspecified atom stereocenters. The number of benzene rings is 2. The van der Waals surface area contributed by atoms with E-state index < -0.39 is 17.7 Å². The van der Waals surface area contributed by atoms with E-state index in [0.29, 0.717) is 17.0 Å². The highest BCUT2D eigenvalue weighted by molar-refractivity contribution is 7.19. The molecule has 37 heavy (non-hydrogen) atoms. The van der Waals surface area contributed by atoms with Gasteiger partial charge in [-0.2, -0.15) is 0 Å². The number of nitrogen functional groups attached to an aromatic ring is 1. The van der Waals surface area contributed by atoms with Gasteiger partial charge in [0, 0.05) is 24.3 Å². The highest BCUT2D eigenvalue weighted by Gasteiger charge is 2.21. The number of urea groups is 1. The molecule has 0 atom stereocenters. The van der Waals surface area contributed by atoms with Crippen LogP contribution in [0.25, 0.3) is 21.8 Å². The Morgan fingerprint density at radius 1 is 1.05 bits per heavy atom. The number of thiazole rings is 1. The van der Waals surface area contributed by atoms with Crippen molar-refractivity contribution in [2.45, 2.75) is 20.3 Å². The summed E-state index contributed by atoms with van der Waals surface area (Å²) in [7, 11) is 0. The first-order valence-corrected chi connectivity index (χ1v) is 12.7. The number of nitrogens with one attached hydrogen (secondary N) is 2. The van der Waals surface area contributed by atoms with Gasteiger partial charge in [-0.05, 0) is 55.3 Å². The fourth-order valence-electron chi connectivity index (χ4n) is 3.61. The summed E-state index contributed by atoms with van der Waals surface area (Å²) >= 11 is 7.18. The standard InChI is InChI=1S/C25H24ClF2N7OS/c1-3-11-35(4-2)25-34-21(19-9-10-30-23(29)31-19)22(37-25)14-5-7-16(27)20(12-14)33-24(36)32-18-8-6-15(26)13-17(18)28/h5-10,12-13H,3-4,11H2,1-2H3,(H2,29,30,31)(H2,32,33,36). The van der Waals surface area contributed by atoms with E-state index in [-0.39, 0.29) is 22.3 Å². The molecule has 8 nitrogen and oxygen atoms in total. The molecule has 12 heteroatoms. The van der Waals surface area contributed by atoms with E-state index in [2.05, 4.69) is 32.4 Å². The molecule has 2 aromatic carbocycles. The highest BCUT2D eigenvalue weighted by atomic mass is 35.5. The third-order valence-corrected chi connectivity index (χ3v) is 6.73. The lowest BCUT2D eigenvalue weighted by Crippen LogP contribution is -2.23. The lowest BCUT2D eigenvalue weighted by atomic mass is 10.1. The maximum absolute atomic E-state index is 14.7. The summed E-state index contributed by atoms with van der Waals surface area (Å²) in [6.07, 6.45) is 2.48. The maximum atomic E-state index is 14.7. The van der Waals surface area contributed by atoms with Crippen LogP contribution in [-0.4, -0.2) is 34.1 Å². The van der Waals surface area contributed by atoms with Crippen LogP contribution >= 0.6 is 22.9 Å². The van der Waals surface area contributed by atoms with Gasteiger partial charge in [0.05, 0.1) is 21.9 Å². The van der Waals surface area contributed by atoms with Crippen molar-refractivity contribution >= 4 is 51.4 Å². The van der Waals surface area contributed by atoms with E-state index in [4.69, 9.17) is 22.3 Å². The number of rotatable bonds is 8. The Kier molecular flexibility index (Phi) is 8.14. The van der Waals surface area contributed by atoms with Crippen LogP contribution in [0.15, 0.2) is 48.7 Å². The zero-order valence-electron chi connectivity index (χ0n) is 20.1. The van der Waals surface area contributed by atoms with Crippen molar-refractivity contribution in [3.63, 3.8) is 0 Å². The number of anilines is 4. The molecule has 4 aromatic rings. The van der Waals surface area contributed by atoms with Gasteiger partial charge >= 0.3 is 6.03 Å². The van der Waals surface area contributed by atoms with Gasteiger partial charge in [0.2, 0.25) is 5.95 Å². The molecule has 0 spiro atoms. The van der Waals surface area contributed by atoms with Gasteiger partial charge in [-0.1, -0.05) is 35.9 Å². The summed E-state index contributed by atoms with van der Waals surface area (Å²) in [6.45, 7) is 5.69. The van der Waals surface area contributed by atoms with E-state index in [1.54, 1.807) is 18.3 Å². The molecule has 0 bridgehead atoms. The molecule has 192 valence electrons. The quantitative estimate of drug-likeness (QED) is 0.229. The molecule has 4 rings (SSSR count). The van der Waals surface area contributed by atoms with Gasteiger partial charge < -0.3 is 21.3 Å². The van der Waals surface area contributed by atoms with E-state index in [1.165, 1.54) is 35.6 Å². The third kappa shape index (κ3) is 6.12. The Morgan fingerprint density at radius 2 is 1.84 bits per heavy atom. The van der Waals surface area contributed by atoms with Crippen molar-refractivity contribution < 1.29 is 13.6 Å². The molecule has 2 heterocycles. The fourth-order valence-corrected chi connectivity index (χ4v) is 4.93. The molecule has 2 aromatic heterocycles. The van der Waals surface area contributed by atoms with Gasteiger partial charge in [0.1, 0.15) is 17.3 Å². The smallest absolute Gasteiger partial charge is 0.323 e. The predicted octanol–water partition coefficient (Wildman–Crippen LogP) is 6.66. The van der Waals surface area contributed by atoms with E-state index in [1.807, 2.05) is 6.92 Å². The molecular weight excluding hydrogens is 520 g/mol. The third-order valence-electron chi connectivity index (χ3n) is 5.33. The number of halogens is 3. The van der Waals surface area contributed by atoms with Crippen molar-refractivity contribution in [1.82, 2.24) is 15.0 Å². The number of carbonyl (C=O) groups is 1. The van der Waals surface area contributed by atoms with Crippen molar-refractivity contribution in [2.24, 2.45) is 0 Å². The molecule has 0 aliphatic heterocycles. The largest absolute Gasteiger partial charge is 0.368 e. The predicted molar refractivity (Wildman–Crippen MR) is 145 cm³/mol. The van der Waals surface area contributed by atoms with Crippen LogP contribution in [0, 0.1) is 11.6 Å². The second-order valence-electron chi connectivity index (χ2n) is 7.95. The summed E-state index contributed by atoms with van der Waals surface area (Å²) in [5.41, 5.74) is 7.32. The lowest BCUT2D eigenvalue weighted by Gasteiger charge is -2.18. The number of aromatic nitrogens is 3. The van der Waals surface area contributed by atoms with Gasteiger partial charge in [-0.3, -0.25) is 0 Å². The molecule has 0 aliphatic rings. The second kappa shape index (κ2) is 11.5. The first-order chi connectivity index (χ1) is 17.8. The van der Waals surface area contributed by atoms with Gasteiger partial charge in [0.25, 0.3) is 0 Å². The van der Waals surface area contributed by atoms with Crippen LogP contribution < -0.4 is 21.3 Å². The highest BCUT2D eigenvalue weighted by Crippen LogP contribution is 2.41. The Labute approximate surface area is 221 Å². The van der Waals surface area contributed by atoms with Crippen molar-refractivity contribution in [1.29, 1.82) is 0 Å². The second-order valence-corrected chi connectivity index (χ2v) is 9.37. The number of amides is 2. The monoisotopic (exact) mass is 543 g/mol. The average molecular weight is 544 g/mol. The van der Waals surface area contributed by atoms with Crippen LogP contribution in [0.1, 0.15) is 20.3 Å². The number of hydrogen-bond donors (Lipinski definition) is 3. The number of nitrogens with zero attached hydrogens (tertiary/aromatic N) is 4. The zero-order chi connectivity index (χ0) is 26.5. The summed E-state index contributed by atoms with van der Waals surface area (Å²) in [4.78, 5) is 28.5. The molecule has 0 saturated carbocycles. The van der Waals surface area contributed by atoms with E-state index in [0.717, 1.165) is 35.6 Å². The van der Waals surface area contributed by atoms with Crippen LogP contribution in [-0.2, 0) is 0 Å². The topological polar surface area (TPSA) is 109 Å². The van der Waals surface area contributed by atoms with Crippen molar-refractivity contribution in [3.05, 3.63) is 65.3 Å². The summed E-state index contributed by atoms with van der Waals surface area (Å²) in [5, 5.41) is 5.77.